The maximum atomic E-state index is 12.5. The topological polar surface area (TPSA) is 70.3 Å². The van der Waals surface area contributed by atoms with Gasteiger partial charge in [0.05, 0.1) is 0 Å². The molecule has 2 rings (SSSR count). The normalized spacial score (nSPS) is 11.2. The first-order valence-corrected chi connectivity index (χ1v) is 5.97. The Morgan fingerprint density at radius 3 is 2.33 bits per heavy atom. The van der Waals surface area contributed by atoms with Crippen molar-refractivity contribution in [1.82, 2.24) is 9.97 Å². The number of aromatic nitrogens is 2. The molecular weight excluding hydrogens is 287 g/mol. The third-order valence-electron chi connectivity index (χ3n) is 2.36. The number of rotatable bonds is 5. The molecule has 1 aromatic heterocycles. The molecule has 8 heteroatoms. The SMILES string of the molecule is Nc1nc(OCCOc2ccccc2)cc(C(F)(F)F)n1. The van der Waals surface area contributed by atoms with Crippen LogP contribution in [-0.4, -0.2) is 23.2 Å². The summed E-state index contributed by atoms with van der Waals surface area (Å²) in [6.45, 7) is 0.192. The van der Waals surface area contributed by atoms with E-state index in [1.807, 2.05) is 6.07 Å². The number of nitrogens with two attached hydrogens (primary N) is 1. The predicted molar refractivity (Wildman–Crippen MR) is 68.9 cm³/mol. The second kappa shape index (κ2) is 6.29. The first-order valence-electron chi connectivity index (χ1n) is 5.97. The van der Waals surface area contributed by atoms with E-state index in [1.54, 1.807) is 24.3 Å². The molecule has 0 saturated carbocycles. The summed E-state index contributed by atoms with van der Waals surface area (Å²) in [6, 6.07) is 9.65. The monoisotopic (exact) mass is 299 g/mol. The molecule has 0 unspecified atom stereocenters. The summed E-state index contributed by atoms with van der Waals surface area (Å²) < 4.78 is 48.0. The average Bonchev–Trinajstić information content (AvgIpc) is 2.43. The fourth-order valence-electron chi connectivity index (χ4n) is 1.48. The van der Waals surface area contributed by atoms with E-state index in [9.17, 15) is 13.2 Å². The quantitative estimate of drug-likeness (QED) is 0.859. The van der Waals surface area contributed by atoms with Crippen LogP contribution in [0.4, 0.5) is 19.1 Å². The van der Waals surface area contributed by atoms with Crippen molar-refractivity contribution in [2.75, 3.05) is 18.9 Å². The zero-order valence-electron chi connectivity index (χ0n) is 10.8. The van der Waals surface area contributed by atoms with Crippen molar-refractivity contribution in [1.29, 1.82) is 0 Å². The minimum Gasteiger partial charge on any atom is -0.490 e. The van der Waals surface area contributed by atoms with Crippen LogP contribution < -0.4 is 15.2 Å². The number of nitrogen functional groups attached to an aromatic ring is 1. The number of alkyl halides is 3. The molecule has 0 saturated heterocycles. The van der Waals surface area contributed by atoms with Crippen LogP contribution in [0.2, 0.25) is 0 Å². The average molecular weight is 299 g/mol. The largest absolute Gasteiger partial charge is 0.490 e. The minimum atomic E-state index is -4.60. The fourth-order valence-corrected chi connectivity index (χ4v) is 1.48. The van der Waals surface area contributed by atoms with Crippen molar-refractivity contribution in [3.63, 3.8) is 0 Å². The molecule has 1 heterocycles. The van der Waals surface area contributed by atoms with Crippen LogP contribution >= 0.6 is 0 Å². The molecule has 0 atom stereocenters. The smallest absolute Gasteiger partial charge is 0.433 e. The summed E-state index contributed by atoms with van der Waals surface area (Å²) in [7, 11) is 0. The lowest BCUT2D eigenvalue weighted by molar-refractivity contribution is -0.141. The number of anilines is 1. The summed E-state index contributed by atoms with van der Waals surface area (Å²) in [6.07, 6.45) is -4.60. The molecule has 2 aromatic rings. The van der Waals surface area contributed by atoms with Gasteiger partial charge in [0.15, 0.2) is 5.69 Å². The van der Waals surface area contributed by atoms with E-state index in [0.717, 1.165) is 0 Å². The van der Waals surface area contributed by atoms with Crippen LogP contribution in [0.1, 0.15) is 5.69 Å². The van der Waals surface area contributed by atoms with Crippen molar-refractivity contribution in [3.05, 3.63) is 42.1 Å². The van der Waals surface area contributed by atoms with Gasteiger partial charge in [0.1, 0.15) is 19.0 Å². The zero-order chi connectivity index (χ0) is 15.3. The summed E-state index contributed by atoms with van der Waals surface area (Å²) in [5.41, 5.74) is 4.07. The standard InChI is InChI=1S/C13H12F3N3O2/c14-13(15,16)10-8-11(19-12(17)18-10)21-7-6-20-9-4-2-1-3-5-9/h1-5,8H,6-7H2,(H2,17,18,19). The lowest BCUT2D eigenvalue weighted by atomic mass is 10.3. The van der Waals surface area contributed by atoms with Gasteiger partial charge in [-0.15, -0.1) is 0 Å². The Morgan fingerprint density at radius 1 is 1.00 bits per heavy atom. The summed E-state index contributed by atoms with van der Waals surface area (Å²) >= 11 is 0. The van der Waals surface area contributed by atoms with Gasteiger partial charge >= 0.3 is 6.18 Å². The Labute approximate surface area is 118 Å². The highest BCUT2D eigenvalue weighted by molar-refractivity contribution is 5.27. The van der Waals surface area contributed by atoms with Crippen LogP contribution in [-0.2, 0) is 6.18 Å². The minimum absolute atomic E-state index is 0.0304. The Bertz CT molecular complexity index is 591. The number of hydrogen-bond donors (Lipinski definition) is 1. The number of nitrogens with zero attached hydrogens (tertiary/aromatic N) is 2. The zero-order valence-corrected chi connectivity index (χ0v) is 10.8. The van der Waals surface area contributed by atoms with Crippen molar-refractivity contribution in [2.24, 2.45) is 0 Å². The molecule has 112 valence electrons. The molecule has 0 aliphatic carbocycles. The van der Waals surface area contributed by atoms with Crippen LogP contribution in [0.25, 0.3) is 0 Å². The molecule has 0 aliphatic heterocycles. The van der Waals surface area contributed by atoms with Crippen LogP contribution in [0.15, 0.2) is 36.4 Å². The van der Waals surface area contributed by atoms with E-state index in [1.165, 1.54) is 0 Å². The third-order valence-corrected chi connectivity index (χ3v) is 2.36. The fraction of sp³-hybridized carbons (Fsp3) is 0.231. The lowest BCUT2D eigenvalue weighted by Crippen LogP contribution is -2.14. The molecule has 21 heavy (non-hydrogen) atoms. The molecule has 0 spiro atoms. The molecule has 0 radical (unpaired) electrons. The van der Waals surface area contributed by atoms with E-state index in [2.05, 4.69) is 9.97 Å². The van der Waals surface area contributed by atoms with E-state index in [-0.39, 0.29) is 19.1 Å². The van der Waals surface area contributed by atoms with Gasteiger partial charge in [-0.2, -0.15) is 18.2 Å². The summed E-state index contributed by atoms with van der Waals surface area (Å²) in [5.74, 6) is -0.102. The summed E-state index contributed by atoms with van der Waals surface area (Å²) in [5, 5.41) is 0. The van der Waals surface area contributed by atoms with E-state index < -0.39 is 17.8 Å². The molecule has 0 fully saturated rings. The van der Waals surface area contributed by atoms with Gasteiger partial charge in [0.25, 0.3) is 0 Å². The molecule has 0 bridgehead atoms. The Balaban J connectivity index is 1.90. The Morgan fingerprint density at radius 2 is 1.67 bits per heavy atom. The van der Waals surface area contributed by atoms with Crippen molar-refractivity contribution >= 4 is 5.95 Å². The van der Waals surface area contributed by atoms with Gasteiger partial charge < -0.3 is 15.2 Å². The number of para-hydroxylation sites is 1. The lowest BCUT2D eigenvalue weighted by Gasteiger charge is -2.10. The Hall–Kier alpha value is -2.51. The highest BCUT2D eigenvalue weighted by Gasteiger charge is 2.33. The first-order chi connectivity index (χ1) is 9.95. The molecule has 5 nitrogen and oxygen atoms in total. The second-order valence-electron chi connectivity index (χ2n) is 3.96. The number of benzene rings is 1. The molecule has 2 N–H and O–H groups in total. The maximum absolute atomic E-state index is 12.5. The predicted octanol–water partition coefficient (Wildman–Crippen LogP) is 2.54. The van der Waals surface area contributed by atoms with Gasteiger partial charge in [-0.25, -0.2) is 4.98 Å². The van der Waals surface area contributed by atoms with Gasteiger partial charge in [-0.1, -0.05) is 18.2 Å². The molecule has 1 aromatic carbocycles. The van der Waals surface area contributed by atoms with Crippen molar-refractivity contribution < 1.29 is 22.6 Å². The molecule has 0 amide bonds. The van der Waals surface area contributed by atoms with Gasteiger partial charge in [-0.05, 0) is 12.1 Å². The van der Waals surface area contributed by atoms with E-state index in [4.69, 9.17) is 15.2 Å². The highest BCUT2D eigenvalue weighted by Crippen LogP contribution is 2.29. The number of halogens is 3. The third kappa shape index (κ3) is 4.51. The van der Waals surface area contributed by atoms with Crippen molar-refractivity contribution in [2.45, 2.75) is 6.18 Å². The van der Waals surface area contributed by atoms with E-state index >= 15 is 0 Å². The summed E-state index contributed by atoms with van der Waals surface area (Å²) in [4.78, 5) is 6.69. The Kier molecular flexibility index (Phi) is 4.46. The van der Waals surface area contributed by atoms with Gasteiger partial charge in [0.2, 0.25) is 11.8 Å². The van der Waals surface area contributed by atoms with Gasteiger partial charge in [0, 0.05) is 6.07 Å². The van der Waals surface area contributed by atoms with Crippen LogP contribution in [0, 0.1) is 0 Å². The van der Waals surface area contributed by atoms with Crippen molar-refractivity contribution in [3.8, 4) is 11.6 Å². The number of ether oxygens (including phenoxy) is 2. The second-order valence-corrected chi connectivity index (χ2v) is 3.96. The molecular formula is C13H12F3N3O2. The molecule has 0 aliphatic rings. The van der Waals surface area contributed by atoms with Crippen LogP contribution in [0.3, 0.4) is 0 Å². The van der Waals surface area contributed by atoms with Crippen LogP contribution in [0.5, 0.6) is 11.6 Å². The first kappa shape index (κ1) is 14.9. The highest BCUT2D eigenvalue weighted by atomic mass is 19.4. The number of hydrogen-bond acceptors (Lipinski definition) is 5. The maximum Gasteiger partial charge on any atom is 0.433 e. The van der Waals surface area contributed by atoms with Gasteiger partial charge in [-0.3, -0.25) is 0 Å². The van der Waals surface area contributed by atoms with E-state index in [0.29, 0.717) is 11.8 Å².